The van der Waals surface area contributed by atoms with Gasteiger partial charge in [0.15, 0.2) is 0 Å². The Morgan fingerprint density at radius 2 is 1.89 bits per heavy atom. The van der Waals surface area contributed by atoms with Crippen LogP contribution in [-0.4, -0.2) is 16.1 Å². The molecule has 0 fully saturated rings. The van der Waals surface area contributed by atoms with E-state index < -0.39 is 0 Å². The third-order valence-electron chi connectivity index (χ3n) is 2.93. The van der Waals surface area contributed by atoms with Crippen LogP contribution < -0.4 is 10.1 Å². The third kappa shape index (κ3) is 5.91. The highest BCUT2D eigenvalue weighted by molar-refractivity contribution is 9.10. The zero-order valence-electron chi connectivity index (χ0n) is 12.8. The van der Waals surface area contributed by atoms with Crippen molar-refractivity contribution in [2.45, 2.75) is 65.6 Å². The average molecular weight is 329 g/mol. The van der Waals surface area contributed by atoms with E-state index in [1.807, 2.05) is 0 Å². The Morgan fingerprint density at radius 1 is 1.26 bits per heavy atom. The second-order valence-electron chi connectivity index (χ2n) is 6.44. The lowest BCUT2D eigenvalue weighted by atomic mass is 10.1. The third-order valence-corrected chi connectivity index (χ3v) is 3.36. The van der Waals surface area contributed by atoms with Crippen LogP contribution in [0.15, 0.2) is 16.7 Å². The van der Waals surface area contributed by atoms with Crippen molar-refractivity contribution in [2.24, 2.45) is 0 Å². The van der Waals surface area contributed by atoms with Gasteiger partial charge in [-0.1, -0.05) is 6.92 Å². The molecule has 0 amide bonds. The van der Waals surface area contributed by atoms with Crippen LogP contribution in [0.1, 0.15) is 53.5 Å². The second-order valence-corrected chi connectivity index (χ2v) is 7.35. The summed E-state index contributed by atoms with van der Waals surface area (Å²) in [6.45, 7) is 13.5. The van der Waals surface area contributed by atoms with Crippen LogP contribution in [0, 0.1) is 0 Å². The second kappa shape index (κ2) is 6.23. The van der Waals surface area contributed by atoms with Gasteiger partial charge in [0.25, 0.3) is 0 Å². The van der Waals surface area contributed by atoms with Crippen LogP contribution in [-0.2, 0) is 6.54 Å². The molecular weight excluding hydrogens is 304 g/mol. The lowest BCUT2D eigenvalue weighted by molar-refractivity contribution is 0.0972. The van der Waals surface area contributed by atoms with E-state index in [2.05, 4.69) is 73.8 Å². The van der Waals surface area contributed by atoms with E-state index in [0.29, 0.717) is 5.88 Å². The maximum absolute atomic E-state index is 6.03. The minimum absolute atomic E-state index is 0.0693. The predicted molar refractivity (Wildman–Crippen MR) is 83.5 cm³/mol. The number of hydrogen-bond donors (Lipinski definition) is 1. The molecule has 108 valence electrons. The van der Waals surface area contributed by atoms with Crippen LogP contribution in [0.25, 0.3) is 0 Å². The van der Waals surface area contributed by atoms with Gasteiger partial charge >= 0.3 is 0 Å². The first-order valence-corrected chi connectivity index (χ1v) is 7.51. The first-order chi connectivity index (χ1) is 8.63. The van der Waals surface area contributed by atoms with Crippen LogP contribution in [0.4, 0.5) is 0 Å². The number of aromatic nitrogens is 1. The van der Waals surface area contributed by atoms with E-state index >= 15 is 0 Å². The number of halogens is 1. The molecule has 0 aliphatic rings. The van der Waals surface area contributed by atoms with Crippen LogP contribution >= 0.6 is 15.9 Å². The summed E-state index contributed by atoms with van der Waals surface area (Å²) in [7, 11) is 0. The summed E-state index contributed by atoms with van der Waals surface area (Å²) in [5.74, 6) is 0.715. The molecule has 0 radical (unpaired) electrons. The van der Waals surface area contributed by atoms with E-state index in [9.17, 15) is 0 Å². The average Bonchev–Trinajstić information content (AvgIpc) is 2.28. The molecule has 0 aliphatic carbocycles. The van der Waals surface area contributed by atoms with Crippen LogP contribution in [0.5, 0.6) is 5.88 Å². The predicted octanol–water partition coefficient (Wildman–Crippen LogP) is 4.30. The Bertz CT molecular complexity index is 425. The SMILES string of the molecule is CCC(C)(C)Oc1ncc(Br)cc1CNC(C)(C)C. The number of nitrogens with one attached hydrogen (secondary N) is 1. The minimum Gasteiger partial charge on any atom is -0.471 e. The van der Waals surface area contributed by atoms with Gasteiger partial charge in [0.1, 0.15) is 5.60 Å². The standard InChI is InChI=1S/C15H25BrN2O/c1-7-15(5,6)19-13-11(8-12(16)10-17-13)9-18-14(2,3)4/h8,10,18H,7,9H2,1-6H3. The lowest BCUT2D eigenvalue weighted by Gasteiger charge is -2.26. The molecule has 0 atom stereocenters. The molecule has 0 aliphatic heterocycles. The molecule has 0 bridgehead atoms. The van der Waals surface area contributed by atoms with Crippen LogP contribution in [0.3, 0.4) is 0 Å². The monoisotopic (exact) mass is 328 g/mol. The minimum atomic E-state index is -0.197. The number of pyridine rings is 1. The van der Waals surface area contributed by atoms with Crippen LogP contribution in [0.2, 0.25) is 0 Å². The fraction of sp³-hybridized carbons (Fsp3) is 0.667. The Balaban J connectivity index is 2.92. The van der Waals surface area contributed by atoms with Crippen molar-refractivity contribution < 1.29 is 4.74 Å². The number of ether oxygens (including phenoxy) is 1. The van der Waals surface area contributed by atoms with Gasteiger partial charge in [0, 0.05) is 28.3 Å². The van der Waals surface area contributed by atoms with Gasteiger partial charge < -0.3 is 10.1 Å². The van der Waals surface area contributed by atoms with Gasteiger partial charge in [-0.25, -0.2) is 4.98 Å². The maximum Gasteiger partial charge on any atom is 0.218 e. The van der Waals surface area contributed by atoms with Gasteiger partial charge in [-0.05, 0) is 63.0 Å². The van der Waals surface area contributed by atoms with Gasteiger partial charge in [-0.3, -0.25) is 0 Å². The smallest absolute Gasteiger partial charge is 0.218 e. The van der Waals surface area contributed by atoms with Gasteiger partial charge in [-0.15, -0.1) is 0 Å². The summed E-state index contributed by atoms with van der Waals surface area (Å²) < 4.78 is 7.00. The van der Waals surface area contributed by atoms with Crippen molar-refractivity contribution in [3.8, 4) is 5.88 Å². The first-order valence-electron chi connectivity index (χ1n) is 6.71. The summed E-state index contributed by atoms with van der Waals surface area (Å²) in [6, 6.07) is 2.06. The molecule has 0 saturated carbocycles. The van der Waals surface area contributed by atoms with E-state index in [-0.39, 0.29) is 11.1 Å². The molecule has 0 saturated heterocycles. The molecular formula is C15H25BrN2O. The molecule has 4 heteroatoms. The fourth-order valence-corrected chi connectivity index (χ4v) is 1.76. The van der Waals surface area contributed by atoms with Gasteiger partial charge in [0.2, 0.25) is 5.88 Å². The summed E-state index contributed by atoms with van der Waals surface area (Å²) in [6.07, 6.45) is 2.72. The highest BCUT2D eigenvalue weighted by Gasteiger charge is 2.20. The molecule has 0 spiro atoms. The summed E-state index contributed by atoms with van der Waals surface area (Å²) in [5, 5.41) is 3.47. The maximum atomic E-state index is 6.03. The van der Waals surface area contributed by atoms with E-state index in [0.717, 1.165) is 23.0 Å². The van der Waals surface area contributed by atoms with Crippen molar-refractivity contribution in [3.05, 3.63) is 22.3 Å². The Labute approximate surface area is 125 Å². The zero-order valence-corrected chi connectivity index (χ0v) is 14.4. The number of rotatable bonds is 5. The Kier molecular flexibility index (Phi) is 5.39. The number of nitrogens with zero attached hydrogens (tertiary/aromatic N) is 1. The van der Waals surface area contributed by atoms with Crippen molar-refractivity contribution in [3.63, 3.8) is 0 Å². The van der Waals surface area contributed by atoms with Crippen molar-refractivity contribution in [2.75, 3.05) is 0 Å². The van der Waals surface area contributed by atoms with Crippen molar-refractivity contribution >= 4 is 15.9 Å². The molecule has 1 rings (SSSR count). The highest BCUT2D eigenvalue weighted by atomic mass is 79.9. The van der Waals surface area contributed by atoms with E-state index in [4.69, 9.17) is 4.74 Å². The fourth-order valence-electron chi connectivity index (χ4n) is 1.38. The first kappa shape index (κ1) is 16.4. The van der Waals surface area contributed by atoms with Crippen molar-refractivity contribution in [1.29, 1.82) is 0 Å². The summed E-state index contributed by atoms with van der Waals surface area (Å²) >= 11 is 3.47. The molecule has 3 nitrogen and oxygen atoms in total. The lowest BCUT2D eigenvalue weighted by Crippen LogP contribution is -2.35. The van der Waals surface area contributed by atoms with E-state index in [1.54, 1.807) is 6.20 Å². The molecule has 1 N–H and O–H groups in total. The normalized spacial score (nSPS) is 12.6. The van der Waals surface area contributed by atoms with Gasteiger partial charge in [-0.2, -0.15) is 0 Å². The van der Waals surface area contributed by atoms with E-state index in [1.165, 1.54) is 0 Å². The van der Waals surface area contributed by atoms with Gasteiger partial charge in [0.05, 0.1) is 0 Å². The molecule has 0 unspecified atom stereocenters. The highest BCUT2D eigenvalue weighted by Crippen LogP contribution is 2.25. The molecule has 0 aromatic carbocycles. The molecule has 1 heterocycles. The Morgan fingerprint density at radius 3 is 2.42 bits per heavy atom. The topological polar surface area (TPSA) is 34.1 Å². The quantitative estimate of drug-likeness (QED) is 0.874. The molecule has 1 aromatic heterocycles. The zero-order chi connectivity index (χ0) is 14.7. The number of hydrogen-bond acceptors (Lipinski definition) is 3. The molecule has 19 heavy (non-hydrogen) atoms. The molecule has 1 aromatic rings. The largest absolute Gasteiger partial charge is 0.471 e. The van der Waals surface area contributed by atoms with Crippen molar-refractivity contribution in [1.82, 2.24) is 10.3 Å². The summed E-state index contributed by atoms with van der Waals surface area (Å²) in [4.78, 5) is 4.40. The Hall–Kier alpha value is -0.610. The summed E-state index contributed by atoms with van der Waals surface area (Å²) in [5.41, 5.74) is 0.947.